The lowest BCUT2D eigenvalue weighted by atomic mass is 10.1. The van der Waals surface area contributed by atoms with Crippen molar-refractivity contribution in [2.45, 2.75) is 13.8 Å². The van der Waals surface area contributed by atoms with E-state index in [1.165, 1.54) is 0 Å². The maximum Gasteiger partial charge on any atom is 0.323 e. The van der Waals surface area contributed by atoms with Crippen LogP contribution in [0, 0.1) is 5.92 Å². The van der Waals surface area contributed by atoms with Gasteiger partial charge in [0.1, 0.15) is 6.54 Å². The minimum absolute atomic E-state index is 0.00614. The van der Waals surface area contributed by atoms with E-state index >= 15 is 0 Å². The Morgan fingerprint density at radius 2 is 2.05 bits per heavy atom. The fraction of sp³-hybridized carbons (Fsp3) is 0.333. The number of nitrogens with zero attached hydrogens (tertiary/aromatic N) is 2. The zero-order valence-electron chi connectivity index (χ0n) is 11.2. The second kappa shape index (κ2) is 5.69. The summed E-state index contributed by atoms with van der Waals surface area (Å²) in [6.07, 6.45) is 1.73. The first-order chi connectivity index (χ1) is 9.08. The van der Waals surface area contributed by atoms with E-state index in [9.17, 15) is 4.79 Å². The Balaban J connectivity index is 2.45. The van der Waals surface area contributed by atoms with Crippen LogP contribution in [0.5, 0.6) is 0 Å². The number of pyridine rings is 1. The molecular formula is C15H18N2O2. The van der Waals surface area contributed by atoms with Crippen molar-refractivity contribution >= 4 is 22.6 Å². The van der Waals surface area contributed by atoms with Crippen molar-refractivity contribution in [2.24, 2.45) is 5.92 Å². The van der Waals surface area contributed by atoms with E-state index in [1.807, 2.05) is 35.2 Å². The molecule has 0 amide bonds. The van der Waals surface area contributed by atoms with Crippen molar-refractivity contribution in [3.63, 3.8) is 0 Å². The van der Waals surface area contributed by atoms with Gasteiger partial charge in [-0.1, -0.05) is 32.0 Å². The molecule has 0 fully saturated rings. The molecule has 2 aromatic rings. The molecule has 0 atom stereocenters. The Morgan fingerprint density at radius 1 is 1.32 bits per heavy atom. The van der Waals surface area contributed by atoms with Gasteiger partial charge in [-0.2, -0.15) is 0 Å². The molecule has 1 aromatic heterocycles. The quantitative estimate of drug-likeness (QED) is 0.896. The fourth-order valence-electron chi connectivity index (χ4n) is 2.21. The molecule has 4 nitrogen and oxygen atoms in total. The number of aromatic nitrogens is 1. The molecule has 19 heavy (non-hydrogen) atoms. The average molecular weight is 258 g/mol. The molecule has 0 saturated heterocycles. The van der Waals surface area contributed by atoms with Crippen molar-refractivity contribution in [2.75, 3.05) is 18.0 Å². The van der Waals surface area contributed by atoms with Gasteiger partial charge in [-0.15, -0.1) is 0 Å². The summed E-state index contributed by atoms with van der Waals surface area (Å²) >= 11 is 0. The van der Waals surface area contributed by atoms with Gasteiger partial charge in [0.05, 0.1) is 5.52 Å². The van der Waals surface area contributed by atoms with E-state index < -0.39 is 5.97 Å². The van der Waals surface area contributed by atoms with Crippen LogP contribution in [0.1, 0.15) is 13.8 Å². The Hall–Kier alpha value is -2.10. The van der Waals surface area contributed by atoms with Gasteiger partial charge >= 0.3 is 5.97 Å². The van der Waals surface area contributed by atoms with Crippen LogP contribution in [0.2, 0.25) is 0 Å². The number of aliphatic carboxylic acids is 1. The molecule has 1 aromatic carbocycles. The smallest absolute Gasteiger partial charge is 0.323 e. The van der Waals surface area contributed by atoms with E-state index in [-0.39, 0.29) is 6.54 Å². The molecule has 1 N–H and O–H groups in total. The Morgan fingerprint density at radius 3 is 2.74 bits per heavy atom. The van der Waals surface area contributed by atoms with Gasteiger partial charge in [-0.25, -0.2) is 0 Å². The maximum absolute atomic E-state index is 11.0. The predicted molar refractivity (Wildman–Crippen MR) is 76.4 cm³/mol. The summed E-state index contributed by atoms with van der Waals surface area (Å²) in [6, 6.07) is 9.68. The Bertz CT molecular complexity index is 576. The summed E-state index contributed by atoms with van der Waals surface area (Å²) in [5.41, 5.74) is 1.82. The first kappa shape index (κ1) is 13.3. The van der Waals surface area contributed by atoms with Gasteiger partial charge in [-0.05, 0) is 18.1 Å². The summed E-state index contributed by atoms with van der Waals surface area (Å²) in [4.78, 5) is 17.3. The largest absolute Gasteiger partial charge is 0.480 e. The van der Waals surface area contributed by atoms with Crippen molar-refractivity contribution < 1.29 is 9.90 Å². The van der Waals surface area contributed by atoms with Crippen LogP contribution in [0.3, 0.4) is 0 Å². The number of carbonyl (C=O) groups is 1. The van der Waals surface area contributed by atoms with Gasteiger partial charge in [0.15, 0.2) is 0 Å². The molecule has 0 spiro atoms. The second-order valence-corrected chi connectivity index (χ2v) is 5.02. The van der Waals surface area contributed by atoms with E-state index in [4.69, 9.17) is 5.11 Å². The summed E-state index contributed by atoms with van der Waals surface area (Å²) in [5, 5.41) is 10.1. The van der Waals surface area contributed by atoms with Crippen LogP contribution in [0.15, 0.2) is 36.5 Å². The third kappa shape index (κ3) is 3.22. The van der Waals surface area contributed by atoms with E-state index in [1.54, 1.807) is 6.20 Å². The number of benzene rings is 1. The van der Waals surface area contributed by atoms with Crippen LogP contribution in [0.4, 0.5) is 5.69 Å². The van der Waals surface area contributed by atoms with E-state index in [0.717, 1.165) is 16.6 Å². The maximum atomic E-state index is 11.0. The van der Waals surface area contributed by atoms with Crippen LogP contribution < -0.4 is 4.90 Å². The molecule has 1 heterocycles. The molecule has 0 aliphatic heterocycles. The summed E-state index contributed by atoms with van der Waals surface area (Å²) in [6.45, 7) is 4.88. The number of hydrogen-bond donors (Lipinski definition) is 1. The number of para-hydroxylation sites is 1. The van der Waals surface area contributed by atoms with Crippen molar-refractivity contribution in [3.8, 4) is 0 Å². The number of fused-ring (bicyclic) bond motifs is 1. The zero-order valence-corrected chi connectivity index (χ0v) is 11.2. The Labute approximate surface area is 112 Å². The van der Waals surface area contributed by atoms with Crippen LogP contribution in [0.25, 0.3) is 10.9 Å². The number of carboxylic acid groups (broad SMARTS) is 1. The standard InChI is InChI=1S/C15H18N2O2/c1-11(2)9-17(10-15(18)19)14-7-8-16-13-6-4-3-5-12(13)14/h3-8,11H,9-10H2,1-2H3,(H,18,19). The SMILES string of the molecule is CC(C)CN(CC(=O)O)c1ccnc2ccccc12. The minimum Gasteiger partial charge on any atom is -0.480 e. The first-order valence-electron chi connectivity index (χ1n) is 6.38. The molecule has 100 valence electrons. The average Bonchev–Trinajstić information content (AvgIpc) is 2.36. The molecular weight excluding hydrogens is 240 g/mol. The van der Waals surface area contributed by atoms with Gasteiger partial charge in [0, 0.05) is 23.8 Å². The van der Waals surface area contributed by atoms with Crippen LogP contribution >= 0.6 is 0 Å². The highest BCUT2D eigenvalue weighted by atomic mass is 16.4. The molecule has 0 saturated carbocycles. The lowest BCUT2D eigenvalue weighted by molar-refractivity contribution is -0.135. The van der Waals surface area contributed by atoms with Gasteiger partial charge in [0.2, 0.25) is 0 Å². The lowest BCUT2D eigenvalue weighted by Crippen LogP contribution is -2.33. The number of anilines is 1. The second-order valence-electron chi connectivity index (χ2n) is 5.02. The van der Waals surface area contributed by atoms with Crippen LogP contribution in [-0.4, -0.2) is 29.1 Å². The molecule has 0 aliphatic carbocycles. The molecule has 0 aliphatic rings. The number of carboxylic acids is 1. The third-order valence-corrected chi connectivity index (χ3v) is 2.88. The van der Waals surface area contributed by atoms with Crippen molar-refractivity contribution in [3.05, 3.63) is 36.5 Å². The minimum atomic E-state index is -0.818. The first-order valence-corrected chi connectivity index (χ1v) is 6.38. The van der Waals surface area contributed by atoms with Gasteiger partial charge in [-0.3, -0.25) is 9.78 Å². The molecule has 2 rings (SSSR count). The number of hydrogen-bond acceptors (Lipinski definition) is 3. The van der Waals surface area contributed by atoms with Crippen LogP contribution in [-0.2, 0) is 4.79 Å². The highest BCUT2D eigenvalue weighted by molar-refractivity contribution is 5.92. The van der Waals surface area contributed by atoms with E-state index in [2.05, 4.69) is 18.8 Å². The fourth-order valence-corrected chi connectivity index (χ4v) is 2.21. The van der Waals surface area contributed by atoms with Gasteiger partial charge in [0.25, 0.3) is 0 Å². The summed E-state index contributed by atoms with van der Waals surface area (Å²) in [5.74, 6) is -0.423. The normalized spacial score (nSPS) is 10.9. The topological polar surface area (TPSA) is 53.4 Å². The van der Waals surface area contributed by atoms with Crippen molar-refractivity contribution in [1.29, 1.82) is 0 Å². The Kier molecular flexibility index (Phi) is 4.00. The number of rotatable bonds is 5. The summed E-state index contributed by atoms with van der Waals surface area (Å²) in [7, 11) is 0. The molecule has 0 unspecified atom stereocenters. The molecule has 4 heteroatoms. The van der Waals surface area contributed by atoms with E-state index in [0.29, 0.717) is 12.5 Å². The third-order valence-electron chi connectivity index (χ3n) is 2.88. The lowest BCUT2D eigenvalue weighted by Gasteiger charge is -2.26. The summed E-state index contributed by atoms with van der Waals surface area (Å²) < 4.78 is 0. The van der Waals surface area contributed by atoms with Gasteiger partial charge < -0.3 is 10.0 Å². The zero-order chi connectivity index (χ0) is 13.8. The highest BCUT2D eigenvalue weighted by Gasteiger charge is 2.14. The highest BCUT2D eigenvalue weighted by Crippen LogP contribution is 2.25. The monoisotopic (exact) mass is 258 g/mol. The van der Waals surface area contributed by atoms with Crippen molar-refractivity contribution in [1.82, 2.24) is 4.98 Å². The predicted octanol–water partition coefficient (Wildman–Crippen LogP) is 2.78. The molecule has 0 bridgehead atoms. The molecule has 0 radical (unpaired) electrons.